The number of hydrogen-bond acceptors (Lipinski definition) is 3. The first-order valence-electron chi connectivity index (χ1n) is 9.69. The highest BCUT2D eigenvalue weighted by Crippen LogP contribution is 2.33. The smallest absolute Gasteiger partial charge is 0.376 e. The van der Waals surface area contributed by atoms with Crippen LogP contribution in [0.5, 0.6) is 0 Å². The van der Waals surface area contributed by atoms with E-state index < -0.39 is 11.7 Å². The summed E-state index contributed by atoms with van der Waals surface area (Å²) < 4.78 is 45.4. The lowest BCUT2D eigenvalue weighted by Crippen LogP contribution is -2.26. The van der Waals surface area contributed by atoms with E-state index in [1.54, 1.807) is 0 Å². The predicted octanol–water partition coefficient (Wildman–Crippen LogP) is 6.12. The van der Waals surface area contributed by atoms with E-state index in [9.17, 15) is 18.0 Å². The van der Waals surface area contributed by atoms with E-state index in [2.05, 4.69) is 0 Å². The molecule has 0 aliphatic carbocycles. The molecule has 0 amide bonds. The van der Waals surface area contributed by atoms with Gasteiger partial charge in [-0.1, -0.05) is 30.3 Å². The van der Waals surface area contributed by atoms with Crippen molar-refractivity contribution >= 4 is 12.0 Å². The van der Waals surface area contributed by atoms with Crippen molar-refractivity contribution in [1.29, 1.82) is 0 Å². The van der Waals surface area contributed by atoms with Crippen LogP contribution in [0.1, 0.15) is 55.1 Å². The maximum Gasteiger partial charge on any atom is 0.416 e. The minimum absolute atomic E-state index is 0.227. The average molecular weight is 407 g/mol. The highest BCUT2D eigenvalue weighted by Gasteiger charge is 2.31. The molecule has 0 aliphatic rings. The number of rotatable bonds is 9. The second-order valence-corrected chi connectivity index (χ2v) is 7.96. The fourth-order valence-electron chi connectivity index (χ4n) is 2.97. The first kappa shape index (κ1) is 22.9. The van der Waals surface area contributed by atoms with Gasteiger partial charge in [0.2, 0.25) is 0 Å². The summed E-state index contributed by atoms with van der Waals surface area (Å²) in [7, 11) is 0. The Labute approximate surface area is 170 Å². The zero-order chi connectivity index (χ0) is 21.5. The van der Waals surface area contributed by atoms with Crippen LogP contribution in [0.15, 0.2) is 48.5 Å². The van der Waals surface area contributed by atoms with Gasteiger partial charge in [0, 0.05) is 30.9 Å². The molecule has 0 aliphatic heterocycles. The van der Waals surface area contributed by atoms with E-state index in [1.165, 1.54) is 6.07 Å². The lowest BCUT2D eigenvalue weighted by molar-refractivity contribution is -0.137. The molecule has 0 aromatic heterocycles. The number of unbranched alkanes of at least 4 members (excludes halogenated alkanes) is 1. The standard InChI is InChI=1S/C23H28F3NO2/c1-22(2,3)29-14-8-7-13-27(16-18-9-5-4-6-10-18)21-15-20(23(24,25)26)12-11-19(21)17-28/h4-6,9-12,15,17H,7-8,13-14,16H2,1-3H3. The summed E-state index contributed by atoms with van der Waals surface area (Å²) in [5.74, 6) is 0. The van der Waals surface area contributed by atoms with Crippen molar-refractivity contribution in [3.8, 4) is 0 Å². The zero-order valence-corrected chi connectivity index (χ0v) is 17.1. The van der Waals surface area contributed by atoms with E-state index in [0.29, 0.717) is 31.7 Å². The molecule has 0 unspecified atom stereocenters. The number of carbonyl (C=O) groups is 1. The monoisotopic (exact) mass is 407 g/mol. The second-order valence-electron chi connectivity index (χ2n) is 7.96. The third-order valence-electron chi connectivity index (χ3n) is 4.40. The van der Waals surface area contributed by atoms with Gasteiger partial charge in [-0.05, 0) is 57.4 Å². The Morgan fingerprint density at radius 2 is 1.69 bits per heavy atom. The second kappa shape index (κ2) is 9.92. The van der Waals surface area contributed by atoms with Crippen molar-refractivity contribution in [3.63, 3.8) is 0 Å². The van der Waals surface area contributed by atoms with Gasteiger partial charge in [0.05, 0.1) is 11.2 Å². The van der Waals surface area contributed by atoms with Gasteiger partial charge in [0.15, 0.2) is 6.29 Å². The Kier molecular flexibility index (Phi) is 7.85. The molecule has 0 heterocycles. The molecule has 3 nitrogen and oxygen atoms in total. The molecule has 2 aromatic rings. The zero-order valence-electron chi connectivity index (χ0n) is 17.1. The Hall–Kier alpha value is -2.34. The Morgan fingerprint density at radius 1 is 1.00 bits per heavy atom. The van der Waals surface area contributed by atoms with Crippen LogP contribution in [0.2, 0.25) is 0 Å². The van der Waals surface area contributed by atoms with Crippen LogP contribution in [0, 0.1) is 0 Å². The summed E-state index contributed by atoms with van der Waals surface area (Å²) in [6.07, 6.45) is -2.35. The number of aldehydes is 1. The van der Waals surface area contributed by atoms with E-state index in [1.807, 2.05) is 56.0 Å². The molecule has 158 valence electrons. The molecule has 0 bridgehead atoms. The molecule has 29 heavy (non-hydrogen) atoms. The largest absolute Gasteiger partial charge is 0.416 e. The van der Waals surface area contributed by atoms with Gasteiger partial charge in [-0.25, -0.2) is 0 Å². The number of nitrogens with zero attached hydrogens (tertiary/aromatic N) is 1. The number of benzene rings is 2. The minimum atomic E-state index is -4.46. The Morgan fingerprint density at radius 3 is 2.28 bits per heavy atom. The molecule has 0 N–H and O–H groups in total. The first-order valence-corrected chi connectivity index (χ1v) is 9.69. The molecule has 2 rings (SSSR count). The van der Waals surface area contributed by atoms with E-state index in [4.69, 9.17) is 4.74 Å². The molecule has 0 saturated carbocycles. The summed E-state index contributed by atoms with van der Waals surface area (Å²) in [6.45, 7) is 7.45. The molecule has 0 spiro atoms. The van der Waals surface area contributed by atoms with Crippen LogP contribution >= 0.6 is 0 Å². The number of anilines is 1. The average Bonchev–Trinajstić information content (AvgIpc) is 2.65. The number of carbonyl (C=O) groups excluding carboxylic acids is 1. The van der Waals surface area contributed by atoms with Crippen molar-refractivity contribution in [2.24, 2.45) is 0 Å². The molecule has 0 atom stereocenters. The van der Waals surface area contributed by atoms with E-state index in [0.717, 1.165) is 30.5 Å². The van der Waals surface area contributed by atoms with E-state index in [-0.39, 0.29) is 11.2 Å². The lowest BCUT2D eigenvalue weighted by Gasteiger charge is -2.27. The number of hydrogen-bond donors (Lipinski definition) is 0. The van der Waals surface area contributed by atoms with Crippen LogP contribution < -0.4 is 4.90 Å². The predicted molar refractivity (Wildman–Crippen MR) is 109 cm³/mol. The van der Waals surface area contributed by atoms with Crippen molar-refractivity contribution in [3.05, 3.63) is 65.2 Å². The van der Waals surface area contributed by atoms with Crippen molar-refractivity contribution < 1.29 is 22.7 Å². The fraction of sp³-hybridized carbons (Fsp3) is 0.435. The van der Waals surface area contributed by atoms with Crippen LogP contribution in [-0.4, -0.2) is 25.0 Å². The third-order valence-corrected chi connectivity index (χ3v) is 4.40. The maximum absolute atomic E-state index is 13.2. The van der Waals surface area contributed by atoms with Crippen LogP contribution in [0.4, 0.5) is 18.9 Å². The van der Waals surface area contributed by atoms with Crippen LogP contribution in [0.3, 0.4) is 0 Å². The van der Waals surface area contributed by atoms with Gasteiger partial charge in [-0.3, -0.25) is 4.79 Å². The van der Waals surface area contributed by atoms with Gasteiger partial charge >= 0.3 is 6.18 Å². The van der Waals surface area contributed by atoms with Gasteiger partial charge in [0.25, 0.3) is 0 Å². The molecule has 0 saturated heterocycles. The summed E-state index contributed by atoms with van der Waals surface area (Å²) in [4.78, 5) is 13.3. The van der Waals surface area contributed by atoms with Crippen molar-refractivity contribution in [1.82, 2.24) is 0 Å². The van der Waals surface area contributed by atoms with Gasteiger partial charge < -0.3 is 9.64 Å². The normalized spacial score (nSPS) is 12.1. The fourth-order valence-corrected chi connectivity index (χ4v) is 2.97. The van der Waals surface area contributed by atoms with Crippen molar-refractivity contribution in [2.75, 3.05) is 18.1 Å². The van der Waals surface area contributed by atoms with Crippen LogP contribution in [0.25, 0.3) is 0 Å². The summed E-state index contributed by atoms with van der Waals surface area (Å²) in [6, 6.07) is 12.8. The van der Waals surface area contributed by atoms with E-state index >= 15 is 0 Å². The minimum Gasteiger partial charge on any atom is -0.376 e. The highest BCUT2D eigenvalue weighted by molar-refractivity contribution is 5.85. The topological polar surface area (TPSA) is 29.5 Å². The van der Waals surface area contributed by atoms with Crippen LogP contribution in [-0.2, 0) is 17.5 Å². The van der Waals surface area contributed by atoms with Gasteiger partial charge in [-0.15, -0.1) is 0 Å². The summed E-state index contributed by atoms with van der Waals surface area (Å²) in [5, 5.41) is 0. The lowest BCUT2D eigenvalue weighted by atomic mass is 10.1. The molecule has 6 heteroatoms. The summed E-state index contributed by atoms with van der Waals surface area (Å²) in [5.41, 5.74) is 0.533. The van der Waals surface area contributed by atoms with Gasteiger partial charge in [0.1, 0.15) is 0 Å². The molecular weight excluding hydrogens is 379 g/mol. The number of ether oxygens (including phenoxy) is 1. The number of halogens is 3. The molecule has 0 radical (unpaired) electrons. The molecule has 0 fully saturated rings. The Bertz CT molecular complexity index is 783. The molecule has 2 aromatic carbocycles. The third kappa shape index (κ3) is 7.54. The maximum atomic E-state index is 13.2. The summed E-state index contributed by atoms with van der Waals surface area (Å²) >= 11 is 0. The van der Waals surface area contributed by atoms with Crippen molar-refractivity contribution in [2.45, 2.75) is 51.9 Å². The van der Waals surface area contributed by atoms with Gasteiger partial charge in [-0.2, -0.15) is 13.2 Å². The Balaban J connectivity index is 2.23. The number of alkyl halides is 3. The quantitative estimate of drug-likeness (QED) is 0.370. The first-order chi connectivity index (χ1) is 13.6. The highest BCUT2D eigenvalue weighted by atomic mass is 19.4. The SMILES string of the molecule is CC(C)(C)OCCCCN(Cc1ccccc1)c1cc(C(F)(F)F)ccc1C=O. The molecular formula is C23H28F3NO2.